The van der Waals surface area contributed by atoms with Gasteiger partial charge in [0.1, 0.15) is 17.4 Å². The second kappa shape index (κ2) is 9.26. The van der Waals surface area contributed by atoms with Crippen molar-refractivity contribution in [3.8, 4) is 5.75 Å². The second-order valence-corrected chi connectivity index (χ2v) is 9.73. The average molecular weight is 458 g/mol. The lowest BCUT2D eigenvalue weighted by Crippen LogP contribution is -2.46. The fourth-order valence-electron chi connectivity index (χ4n) is 3.26. The molecule has 2 atom stereocenters. The number of nitrogens with one attached hydrogen (secondary N) is 1. The zero-order chi connectivity index (χ0) is 23.6. The Hall–Kier alpha value is -2.97. The summed E-state index contributed by atoms with van der Waals surface area (Å²) in [4.78, 5) is 25.0. The molecule has 0 spiro atoms. The number of fused-ring (bicyclic) bond motifs is 1. The van der Waals surface area contributed by atoms with Crippen molar-refractivity contribution in [3.63, 3.8) is 0 Å². The van der Waals surface area contributed by atoms with Crippen LogP contribution in [0.3, 0.4) is 0 Å². The van der Waals surface area contributed by atoms with Crippen LogP contribution in [0.15, 0.2) is 56.6 Å². The summed E-state index contributed by atoms with van der Waals surface area (Å²) in [5.41, 5.74) is 2.07. The van der Waals surface area contributed by atoms with Crippen LogP contribution >= 0.6 is 0 Å². The Kier molecular flexibility index (Phi) is 6.85. The van der Waals surface area contributed by atoms with Crippen molar-refractivity contribution in [2.75, 3.05) is 0 Å². The summed E-state index contributed by atoms with van der Waals surface area (Å²) >= 11 is 0. The van der Waals surface area contributed by atoms with Crippen molar-refractivity contribution in [2.24, 2.45) is 5.92 Å². The molecule has 3 aromatic rings. The number of esters is 1. The third kappa shape index (κ3) is 4.92. The minimum Gasteiger partial charge on any atom is -0.425 e. The lowest BCUT2D eigenvalue weighted by Gasteiger charge is -2.22. The van der Waals surface area contributed by atoms with Gasteiger partial charge in [0.15, 0.2) is 0 Å². The van der Waals surface area contributed by atoms with Gasteiger partial charge in [-0.2, -0.15) is 4.72 Å². The molecular formula is C24H27NO6S. The van der Waals surface area contributed by atoms with Crippen LogP contribution in [-0.4, -0.2) is 20.4 Å². The molecule has 170 valence electrons. The Morgan fingerprint density at radius 2 is 1.72 bits per heavy atom. The number of carbonyl (C=O) groups is 1. The minimum atomic E-state index is -3.93. The number of carbonyl (C=O) groups excluding carboxylic acids is 1. The second-order valence-electron chi connectivity index (χ2n) is 8.02. The minimum absolute atomic E-state index is 0.0718. The molecule has 0 amide bonds. The summed E-state index contributed by atoms with van der Waals surface area (Å²) in [5.74, 6) is -0.886. The molecule has 1 heterocycles. The van der Waals surface area contributed by atoms with Gasteiger partial charge < -0.3 is 9.15 Å². The maximum atomic E-state index is 13.0. The number of hydrogen-bond donors (Lipinski definition) is 1. The van der Waals surface area contributed by atoms with Gasteiger partial charge in [-0.25, -0.2) is 18.0 Å². The summed E-state index contributed by atoms with van der Waals surface area (Å²) in [5, 5.41) is 0.737. The zero-order valence-electron chi connectivity index (χ0n) is 18.8. The number of rotatable bonds is 7. The molecule has 8 heteroatoms. The predicted molar refractivity (Wildman–Crippen MR) is 122 cm³/mol. The van der Waals surface area contributed by atoms with Crippen molar-refractivity contribution in [1.82, 2.24) is 4.72 Å². The maximum Gasteiger partial charge on any atom is 0.339 e. The molecule has 32 heavy (non-hydrogen) atoms. The van der Waals surface area contributed by atoms with E-state index in [4.69, 9.17) is 9.15 Å². The van der Waals surface area contributed by atoms with Crippen LogP contribution in [0.2, 0.25) is 0 Å². The first-order valence-electron chi connectivity index (χ1n) is 10.4. The molecule has 1 aromatic heterocycles. The van der Waals surface area contributed by atoms with Gasteiger partial charge in [0, 0.05) is 17.0 Å². The van der Waals surface area contributed by atoms with Gasteiger partial charge in [0.05, 0.1) is 4.90 Å². The predicted octanol–water partition coefficient (Wildman–Crippen LogP) is 4.02. The van der Waals surface area contributed by atoms with E-state index in [1.165, 1.54) is 18.2 Å². The molecule has 0 radical (unpaired) electrons. The molecule has 0 saturated heterocycles. The van der Waals surface area contributed by atoms with E-state index in [1.54, 1.807) is 38.1 Å². The summed E-state index contributed by atoms with van der Waals surface area (Å²) in [7, 11) is -3.93. The Morgan fingerprint density at radius 1 is 1.06 bits per heavy atom. The van der Waals surface area contributed by atoms with E-state index in [0.29, 0.717) is 17.6 Å². The van der Waals surface area contributed by atoms with Gasteiger partial charge in [-0.05, 0) is 56.5 Å². The van der Waals surface area contributed by atoms with E-state index >= 15 is 0 Å². The largest absolute Gasteiger partial charge is 0.425 e. The van der Waals surface area contributed by atoms with E-state index < -0.39 is 27.7 Å². The van der Waals surface area contributed by atoms with Crippen LogP contribution in [0.25, 0.3) is 11.0 Å². The van der Waals surface area contributed by atoms with Crippen molar-refractivity contribution in [1.29, 1.82) is 0 Å². The number of benzene rings is 2. The fraction of sp³-hybridized carbons (Fsp3) is 0.333. The first-order chi connectivity index (χ1) is 15.0. The van der Waals surface area contributed by atoms with E-state index in [-0.39, 0.29) is 16.6 Å². The third-order valence-corrected chi connectivity index (χ3v) is 7.18. The van der Waals surface area contributed by atoms with Crippen molar-refractivity contribution >= 4 is 27.0 Å². The van der Waals surface area contributed by atoms with E-state index in [1.807, 2.05) is 20.8 Å². The van der Waals surface area contributed by atoms with Gasteiger partial charge in [-0.1, -0.05) is 38.0 Å². The highest BCUT2D eigenvalue weighted by Crippen LogP contribution is 2.25. The van der Waals surface area contributed by atoms with E-state index in [9.17, 15) is 18.0 Å². The van der Waals surface area contributed by atoms with Gasteiger partial charge in [0.25, 0.3) is 0 Å². The smallest absolute Gasteiger partial charge is 0.339 e. The lowest BCUT2D eigenvalue weighted by molar-refractivity contribution is -0.137. The monoisotopic (exact) mass is 457 g/mol. The summed E-state index contributed by atoms with van der Waals surface area (Å²) in [6, 6.07) is 10.0. The Balaban J connectivity index is 1.89. The first kappa shape index (κ1) is 23.7. The van der Waals surface area contributed by atoms with E-state index in [2.05, 4.69) is 4.72 Å². The Labute approximate surface area is 187 Å². The molecule has 0 aliphatic rings. The Morgan fingerprint density at radius 3 is 2.34 bits per heavy atom. The summed E-state index contributed by atoms with van der Waals surface area (Å²) in [6.45, 7) is 9.00. The van der Waals surface area contributed by atoms with Crippen LogP contribution in [-0.2, 0) is 14.8 Å². The highest BCUT2D eigenvalue weighted by atomic mass is 32.2. The molecule has 0 aliphatic carbocycles. The van der Waals surface area contributed by atoms with Crippen molar-refractivity contribution < 1.29 is 22.4 Å². The molecule has 2 aromatic carbocycles. The van der Waals surface area contributed by atoms with Crippen LogP contribution in [0.4, 0.5) is 0 Å². The topological polar surface area (TPSA) is 103 Å². The molecule has 0 bridgehead atoms. The molecule has 0 aliphatic heterocycles. The quantitative estimate of drug-likeness (QED) is 0.327. The highest BCUT2D eigenvalue weighted by molar-refractivity contribution is 7.89. The van der Waals surface area contributed by atoms with Crippen molar-refractivity contribution in [3.05, 3.63) is 69.6 Å². The van der Waals surface area contributed by atoms with Crippen LogP contribution < -0.4 is 15.1 Å². The van der Waals surface area contributed by atoms with Gasteiger partial charge in [0.2, 0.25) is 10.0 Å². The summed E-state index contributed by atoms with van der Waals surface area (Å²) in [6.07, 6.45) is 0.557. The molecular weight excluding hydrogens is 430 g/mol. The molecule has 7 nitrogen and oxygen atoms in total. The lowest BCUT2D eigenvalue weighted by atomic mass is 10.0. The molecule has 0 saturated carbocycles. The molecule has 0 fully saturated rings. The normalized spacial score (nSPS) is 13.7. The number of aryl methyl sites for hydroxylation is 2. The number of ether oxygens (including phenoxy) is 1. The fourth-order valence-corrected chi connectivity index (χ4v) is 4.55. The van der Waals surface area contributed by atoms with Crippen LogP contribution in [0.5, 0.6) is 5.75 Å². The number of sulfonamides is 1. The third-order valence-electron chi connectivity index (χ3n) is 5.73. The maximum absolute atomic E-state index is 13.0. The highest BCUT2D eigenvalue weighted by Gasteiger charge is 2.31. The molecule has 0 unspecified atom stereocenters. The zero-order valence-corrected chi connectivity index (χ0v) is 19.6. The van der Waals surface area contributed by atoms with E-state index in [0.717, 1.165) is 16.5 Å². The Bertz CT molecular complexity index is 1310. The van der Waals surface area contributed by atoms with Crippen LogP contribution in [0, 0.1) is 26.7 Å². The SMILES string of the molecule is CC[C@@H](C)[C@@H](NS(=O)(=O)c1ccc(C)cc1)C(=O)Oc1ccc2c(C)c(C)c(=O)oc2c1. The average Bonchev–Trinajstić information content (AvgIpc) is 2.75. The van der Waals surface area contributed by atoms with Gasteiger partial charge in [-0.15, -0.1) is 0 Å². The van der Waals surface area contributed by atoms with Crippen LogP contribution in [0.1, 0.15) is 37.0 Å². The standard InChI is InChI=1S/C24H27NO6S/c1-6-15(3)22(25-32(28,29)19-10-7-14(2)8-11-19)24(27)30-18-9-12-20-16(4)17(5)23(26)31-21(20)13-18/h7-13,15,22,25H,6H2,1-5H3/t15-,22-/m1/s1. The number of hydrogen-bond acceptors (Lipinski definition) is 6. The first-order valence-corrected chi connectivity index (χ1v) is 11.9. The van der Waals surface area contributed by atoms with Crippen molar-refractivity contribution in [2.45, 2.75) is 52.0 Å². The van der Waals surface area contributed by atoms with Gasteiger partial charge >= 0.3 is 11.6 Å². The van der Waals surface area contributed by atoms with Gasteiger partial charge in [-0.3, -0.25) is 0 Å². The molecule has 3 rings (SSSR count). The molecule has 1 N–H and O–H groups in total. The summed E-state index contributed by atoms with van der Waals surface area (Å²) < 4.78 is 39.0.